The average Bonchev–Trinajstić information content (AvgIpc) is 2.46. The maximum absolute atomic E-state index is 12.7. The van der Waals surface area contributed by atoms with Crippen LogP contribution in [0.15, 0.2) is 35.3 Å². The summed E-state index contributed by atoms with van der Waals surface area (Å²) in [5, 5.41) is 10.0. The van der Waals surface area contributed by atoms with Crippen LogP contribution in [0.25, 0.3) is 5.69 Å². The van der Waals surface area contributed by atoms with Crippen molar-refractivity contribution in [1.29, 1.82) is 0 Å². The monoisotopic (exact) mass is 345 g/mol. The third-order valence-electron chi connectivity index (χ3n) is 4.23. The Morgan fingerprint density at radius 3 is 2.38 bits per heavy atom. The summed E-state index contributed by atoms with van der Waals surface area (Å²) in [7, 11) is 0. The normalized spacial score (nSPS) is 15.9. The van der Waals surface area contributed by atoms with Crippen molar-refractivity contribution in [2.75, 3.05) is 0 Å². The van der Waals surface area contributed by atoms with Crippen LogP contribution in [0.5, 0.6) is 0 Å². The molecule has 6 heteroatoms. The predicted molar refractivity (Wildman–Crippen MR) is 90.4 cm³/mol. The fraction of sp³-hybridized carbons (Fsp3) is 0.278. The minimum atomic E-state index is -1.31. The molecule has 0 saturated heterocycles. The van der Waals surface area contributed by atoms with Crippen LogP contribution in [-0.4, -0.2) is 21.4 Å². The standard InChI is InChI=1S/C18H16ClNO4/c1-18(2)7-12-13(14(21)8-18)9-20(16(22)15(12)17(23)24)11-5-3-10(19)4-6-11/h3-6,9H,7-8H2,1-2H3,(H,23,24). The number of fused-ring (bicyclic) bond motifs is 1. The van der Waals surface area contributed by atoms with Gasteiger partial charge in [-0.15, -0.1) is 0 Å². The predicted octanol–water partition coefficient (Wildman–Crippen LogP) is 3.34. The van der Waals surface area contributed by atoms with Crippen molar-refractivity contribution in [3.05, 3.63) is 62.5 Å². The minimum Gasteiger partial charge on any atom is -0.477 e. The summed E-state index contributed by atoms with van der Waals surface area (Å²) in [4.78, 5) is 36.9. The SMILES string of the molecule is CC1(C)CC(=O)c2cn(-c3ccc(Cl)cc3)c(=O)c(C(=O)O)c2C1. The molecule has 1 aliphatic carbocycles. The fourth-order valence-corrected chi connectivity index (χ4v) is 3.28. The van der Waals surface area contributed by atoms with Crippen molar-refractivity contribution in [3.8, 4) is 5.69 Å². The number of carbonyl (C=O) groups excluding carboxylic acids is 1. The molecule has 0 radical (unpaired) electrons. The highest BCUT2D eigenvalue weighted by molar-refractivity contribution is 6.30. The minimum absolute atomic E-state index is 0.147. The molecule has 0 saturated carbocycles. The largest absolute Gasteiger partial charge is 0.477 e. The topological polar surface area (TPSA) is 76.4 Å². The van der Waals surface area contributed by atoms with Gasteiger partial charge in [-0.05, 0) is 41.7 Å². The Morgan fingerprint density at radius 1 is 1.17 bits per heavy atom. The van der Waals surface area contributed by atoms with Crippen LogP contribution in [-0.2, 0) is 6.42 Å². The molecule has 1 aromatic heterocycles. The Labute approximate surface area is 143 Å². The van der Waals surface area contributed by atoms with E-state index in [0.29, 0.717) is 34.7 Å². The molecular weight excluding hydrogens is 330 g/mol. The maximum atomic E-state index is 12.7. The van der Waals surface area contributed by atoms with E-state index in [2.05, 4.69) is 0 Å². The van der Waals surface area contributed by atoms with Gasteiger partial charge in [0.15, 0.2) is 5.78 Å². The summed E-state index contributed by atoms with van der Waals surface area (Å²) in [6.07, 6.45) is 2.15. The molecule has 0 fully saturated rings. The number of aromatic nitrogens is 1. The number of pyridine rings is 1. The van der Waals surface area contributed by atoms with E-state index in [1.165, 1.54) is 10.8 Å². The summed E-state index contributed by atoms with van der Waals surface area (Å²) in [6, 6.07) is 6.43. The van der Waals surface area contributed by atoms with Crippen LogP contribution in [0, 0.1) is 5.41 Å². The first-order chi connectivity index (χ1) is 11.2. The second-order valence-electron chi connectivity index (χ2n) is 6.79. The van der Waals surface area contributed by atoms with Gasteiger partial charge < -0.3 is 5.11 Å². The van der Waals surface area contributed by atoms with Gasteiger partial charge in [0, 0.05) is 28.9 Å². The van der Waals surface area contributed by atoms with Gasteiger partial charge in [-0.1, -0.05) is 25.4 Å². The van der Waals surface area contributed by atoms with Crippen LogP contribution in [0.3, 0.4) is 0 Å². The molecule has 0 aliphatic heterocycles. The number of halogens is 1. The van der Waals surface area contributed by atoms with E-state index in [1.54, 1.807) is 24.3 Å². The lowest BCUT2D eigenvalue weighted by Crippen LogP contribution is -2.35. The molecule has 5 nitrogen and oxygen atoms in total. The first-order valence-electron chi connectivity index (χ1n) is 7.50. The summed E-state index contributed by atoms with van der Waals surface area (Å²) >= 11 is 5.85. The highest BCUT2D eigenvalue weighted by Gasteiger charge is 2.35. The Morgan fingerprint density at radius 2 is 1.79 bits per heavy atom. The van der Waals surface area contributed by atoms with E-state index in [0.717, 1.165) is 0 Å². The second-order valence-corrected chi connectivity index (χ2v) is 7.23. The van der Waals surface area contributed by atoms with Gasteiger partial charge in [-0.2, -0.15) is 0 Å². The number of Topliss-reactive ketones (excluding diaryl/α,β-unsaturated/α-hetero) is 1. The molecule has 0 spiro atoms. The van der Waals surface area contributed by atoms with Gasteiger partial charge in [-0.3, -0.25) is 14.2 Å². The van der Waals surface area contributed by atoms with Crippen molar-refractivity contribution in [3.63, 3.8) is 0 Å². The molecule has 124 valence electrons. The molecule has 0 unspecified atom stereocenters. The third kappa shape index (κ3) is 2.76. The van der Waals surface area contributed by atoms with Crippen LogP contribution in [0.1, 0.15) is 46.5 Å². The molecule has 1 aromatic carbocycles. The molecule has 1 aliphatic rings. The Hall–Kier alpha value is -2.40. The molecule has 1 heterocycles. The number of rotatable bonds is 2. The Bertz CT molecular complexity index is 910. The van der Waals surface area contributed by atoms with Crippen molar-refractivity contribution in [1.82, 2.24) is 4.57 Å². The number of carboxylic acid groups (broad SMARTS) is 1. The average molecular weight is 346 g/mol. The zero-order chi connectivity index (χ0) is 17.6. The van der Waals surface area contributed by atoms with Crippen LogP contribution in [0.4, 0.5) is 0 Å². The van der Waals surface area contributed by atoms with Gasteiger partial charge >= 0.3 is 5.97 Å². The first-order valence-corrected chi connectivity index (χ1v) is 7.88. The zero-order valence-corrected chi connectivity index (χ0v) is 14.1. The summed E-state index contributed by atoms with van der Waals surface area (Å²) in [5.41, 5.74) is -0.238. The van der Waals surface area contributed by atoms with Crippen LogP contribution >= 0.6 is 11.6 Å². The number of carbonyl (C=O) groups is 2. The lowest BCUT2D eigenvalue weighted by Gasteiger charge is -2.31. The van der Waals surface area contributed by atoms with Crippen molar-refractivity contribution >= 4 is 23.4 Å². The smallest absolute Gasteiger partial charge is 0.341 e. The molecule has 0 bridgehead atoms. The van der Waals surface area contributed by atoms with E-state index >= 15 is 0 Å². The van der Waals surface area contributed by atoms with Crippen molar-refractivity contribution < 1.29 is 14.7 Å². The molecule has 1 N–H and O–H groups in total. The lowest BCUT2D eigenvalue weighted by molar-refractivity contribution is 0.0692. The van der Waals surface area contributed by atoms with Gasteiger partial charge in [-0.25, -0.2) is 4.79 Å². The second kappa shape index (κ2) is 5.60. The van der Waals surface area contributed by atoms with E-state index in [4.69, 9.17) is 11.6 Å². The van der Waals surface area contributed by atoms with E-state index < -0.39 is 11.5 Å². The Balaban J connectivity index is 2.32. The quantitative estimate of drug-likeness (QED) is 0.905. The number of hydrogen-bond donors (Lipinski definition) is 1. The lowest BCUT2D eigenvalue weighted by atomic mass is 9.73. The summed E-state index contributed by atoms with van der Waals surface area (Å²) in [5.74, 6) is -1.46. The maximum Gasteiger partial charge on any atom is 0.341 e. The van der Waals surface area contributed by atoms with Crippen molar-refractivity contribution in [2.45, 2.75) is 26.7 Å². The molecular formula is C18H16ClNO4. The van der Waals surface area contributed by atoms with E-state index in [9.17, 15) is 19.5 Å². The molecule has 3 rings (SSSR count). The number of carboxylic acids is 1. The number of benzene rings is 1. The van der Waals surface area contributed by atoms with E-state index in [1.807, 2.05) is 13.8 Å². The number of nitrogens with zero attached hydrogens (tertiary/aromatic N) is 1. The van der Waals surface area contributed by atoms with Gasteiger partial charge in [0.2, 0.25) is 0 Å². The fourth-order valence-electron chi connectivity index (χ4n) is 3.16. The van der Waals surface area contributed by atoms with Crippen molar-refractivity contribution in [2.24, 2.45) is 5.41 Å². The van der Waals surface area contributed by atoms with Crippen LogP contribution in [0.2, 0.25) is 5.02 Å². The number of hydrogen-bond acceptors (Lipinski definition) is 3. The highest BCUT2D eigenvalue weighted by Crippen LogP contribution is 2.35. The van der Waals surface area contributed by atoms with Gasteiger partial charge in [0.25, 0.3) is 5.56 Å². The molecule has 0 atom stereocenters. The van der Waals surface area contributed by atoms with Gasteiger partial charge in [0.1, 0.15) is 5.56 Å². The Kier molecular flexibility index (Phi) is 3.84. The first kappa shape index (κ1) is 16.5. The summed E-state index contributed by atoms with van der Waals surface area (Å²) < 4.78 is 1.20. The molecule has 0 amide bonds. The third-order valence-corrected chi connectivity index (χ3v) is 4.48. The zero-order valence-electron chi connectivity index (χ0n) is 13.3. The number of ketones is 1. The molecule has 24 heavy (non-hydrogen) atoms. The summed E-state index contributed by atoms with van der Waals surface area (Å²) in [6.45, 7) is 3.79. The number of aromatic carboxylic acids is 1. The highest BCUT2D eigenvalue weighted by atomic mass is 35.5. The molecule has 2 aromatic rings. The van der Waals surface area contributed by atoms with Crippen LogP contribution < -0.4 is 5.56 Å². The van der Waals surface area contributed by atoms with Gasteiger partial charge in [0.05, 0.1) is 0 Å². The van der Waals surface area contributed by atoms with E-state index in [-0.39, 0.29) is 16.8 Å².